The number of aromatic carboxylic acids is 1. The van der Waals surface area contributed by atoms with Crippen LogP contribution in [-0.4, -0.2) is 22.3 Å². The molecule has 0 saturated heterocycles. The van der Waals surface area contributed by atoms with E-state index in [1.807, 2.05) is 0 Å². The second-order valence-electron chi connectivity index (χ2n) is 3.08. The molecule has 0 bridgehead atoms. The number of carboxylic acid groups (broad SMARTS) is 1. The first-order valence-electron chi connectivity index (χ1n) is 4.44. The molecule has 0 atom stereocenters. The van der Waals surface area contributed by atoms with E-state index in [1.54, 1.807) is 17.5 Å². The molecule has 2 aromatic rings. The molecule has 2 aromatic heterocycles. The highest BCUT2D eigenvalue weighted by molar-refractivity contribution is 7.12. The van der Waals surface area contributed by atoms with Crippen molar-refractivity contribution in [3.05, 3.63) is 40.3 Å². The lowest BCUT2D eigenvalue weighted by atomic mass is 10.0. The third kappa shape index (κ3) is 1.85. The van der Waals surface area contributed by atoms with Crippen LogP contribution >= 0.6 is 11.3 Å². The van der Waals surface area contributed by atoms with E-state index in [9.17, 15) is 9.59 Å². The predicted molar refractivity (Wildman–Crippen MR) is 59.9 cm³/mol. The van der Waals surface area contributed by atoms with Crippen LogP contribution in [0.2, 0.25) is 0 Å². The second-order valence-corrected chi connectivity index (χ2v) is 4.02. The number of aromatic nitrogens is 1. The lowest BCUT2D eigenvalue weighted by Gasteiger charge is -2.01. The fraction of sp³-hybridized carbons (Fsp3) is 0. The third-order valence-corrected chi connectivity index (χ3v) is 2.96. The van der Waals surface area contributed by atoms with Crippen molar-refractivity contribution in [2.45, 2.75) is 0 Å². The first-order valence-corrected chi connectivity index (χ1v) is 5.31. The summed E-state index contributed by atoms with van der Waals surface area (Å²) in [7, 11) is 0. The molecule has 5 heteroatoms. The van der Waals surface area contributed by atoms with Crippen molar-refractivity contribution in [1.82, 2.24) is 4.98 Å². The summed E-state index contributed by atoms with van der Waals surface area (Å²) in [6.45, 7) is 0. The van der Waals surface area contributed by atoms with Crippen LogP contribution in [0.25, 0.3) is 11.1 Å². The average Bonchev–Trinajstić information content (AvgIpc) is 2.77. The van der Waals surface area contributed by atoms with Gasteiger partial charge in [0, 0.05) is 18.0 Å². The van der Waals surface area contributed by atoms with Gasteiger partial charge in [0.15, 0.2) is 6.29 Å². The van der Waals surface area contributed by atoms with Crippen molar-refractivity contribution < 1.29 is 14.7 Å². The number of carboxylic acids is 1. The molecule has 0 radical (unpaired) electrons. The highest BCUT2D eigenvalue weighted by Crippen LogP contribution is 2.27. The normalized spacial score (nSPS) is 10.0. The molecule has 80 valence electrons. The first-order chi connectivity index (χ1) is 7.72. The van der Waals surface area contributed by atoms with Crippen molar-refractivity contribution in [3.8, 4) is 11.1 Å². The van der Waals surface area contributed by atoms with Gasteiger partial charge < -0.3 is 5.11 Å². The van der Waals surface area contributed by atoms with Gasteiger partial charge in [-0.05, 0) is 23.1 Å². The van der Waals surface area contributed by atoms with Crippen molar-refractivity contribution in [2.75, 3.05) is 0 Å². The zero-order valence-corrected chi connectivity index (χ0v) is 8.90. The Labute approximate surface area is 95.2 Å². The number of pyridine rings is 1. The minimum absolute atomic E-state index is 0.137. The van der Waals surface area contributed by atoms with Gasteiger partial charge in [0.05, 0.1) is 10.4 Å². The Morgan fingerprint density at radius 3 is 2.94 bits per heavy atom. The molecule has 0 amide bonds. The largest absolute Gasteiger partial charge is 0.478 e. The summed E-state index contributed by atoms with van der Waals surface area (Å²) < 4.78 is 0. The zero-order valence-electron chi connectivity index (χ0n) is 8.08. The van der Waals surface area contributed by atoms with E-state index >= 15 is 0 Å². The summed E-state index contributed by atoms with van der Waals surface area (Å²) >= 11 is 1.28. The predicted octanol–water partition coefficient (Wildman–Crippen LogP) is 2.32. The Kier molecular flexibility index (Phi) is 2.78. The zero-order chi connectivity index (χ0) is 11.5. The highest BCUT2D eigenvalue weighted by Gasteiger charge is 2.12. The Morgan fingerprint density at radius 2 is 2.31 bits per heavy atom. The molecule has 0 fully saturated rings. The van der Waals surface area contributed by atoms with Crippen LogP contribution in [0.5, 0.6) is 0 Å². The molecular weight excluding hydrogens is 226 g/mol. The van der Waals surface area contributed by atoms with Crippen molar-refractivity contribution in [3.63, 3.8) is 0 Å². The maximum Gasteiger partial charge on any atom is 0.337 e. The van der Waals surface area contributed by atoms with Crippen LogP contribution in [0.15, 0.2) is 29.9 Å². The minimum Gasteiger partial charge on any atom is -0.478 e. The van der Waals surface area contributed by atoms with E-state index in [0.29, 0.717) is 10.4 Å². The summed E-state index contributed by atoms with van der Waals surface area (Å²) in [6.07, 6.45) is 3.58. The average molecular weight is 233 g/mol. The Balaban J connectivity index is 2.54. The Bertz CT molecular complexity index is 548. The quantitative estimate of drug-likeness (QED) is 0.826. The maximum atomic E-state index is 11.0. The fourth-order valence-electron chi connectivity index (χ4n) is 1.37. The molecule has 0 aliphatic carbocycles. The Morgan fingerprint density at radius 1 is 1.50 bits per heavy atom. The van der Waals surface area contributed by atoms with Crippen LogP contribution in [-0.2, 0) is 0 Å². The summed E-state index contributed by atoms with van der Waals surface area (Å²) in [5.74, 6) is -1.03. The highest BCUT2D eigenvalue weighted by atomic mass is 32.1. The van der Waals surface area contributed by atoms with Crippen LogP contribution in [0, 0.1) is 0 Å². The monoisotopic (exact) mass is 233 g/mol. The molecule has 0 spiro atoms. The molecule has 2 heterocycles. The summed E-state index contributed by atoms with van der Waals surface area (Å²) in [5.41, 5.74) is 1.44. The van der Waals surface area contributed by atoms with E-state index in [0.717, 1.165) is 11.8 Å². The molecule has 0 aromatic carbocycles. The lowest BCUT2D eigenvalue weighted by Crippen LogP contribution is -1.99. The van der Waals surface area contributed by atoms with Gasteiger partial charge in [0.2, 0.25) is 0 Å². The van der Waals surface area contributed by atoms with Crippen molar-refractivity contribution >= 4 is 23.6 Å². The molecule has 1 N–H and O–H groups in total. The third-order valence-electron chi connectivity index (χ3n) is 2.10. The van der Waals surface area contributed by atoms with E-state index in [2.05, 4.69) is 4.98 Å². The van der Waals surface area contributed by atoms with Gasteiger partial charge >= 0.3 is 5.97 Å². The number of rotatable bonds is 3. The van der Waals surface area contributed by atoms with Crippen LogP contribution in [0.3, 0.4) is 0 Å². The molecule has 0 saturated carbocycles. The van der Waals surface area contributed by atoms with Crippen molar-refractivity contribution in [2.24, 2.45) is 0 Å². The van der Waals surface area contributed by atoms with Crippen LogP contribution in [0.1, 0.15) is 20.0 Å². The van der Waals surface area contributed by atoms with Crippen molar-refractivity contribution in [1.29, 1.82) is 0 Å². The molecule has 0 aliphatic heterocycles. The van der Waals surface area contributed by atoms with E-state index in [4.69, 9.17) is 5.11 Å². The summed E-state index contributed by atoms with van der Waals surface area (Å²) in [4.78, 5) is 25.9. The number of hydrogen-bond donors (Lipinski definition) is 1. The maximum absolute atomic E-state index is 11.0. The van der Waals surface area contributed by atoms with Crippen LogP contribution in [0.4, 0.5) is 0 Å². The number of hydrogen-bond acceptors (Lipinski definition) is 4. The molecule has 4 nitrogen and oxygen atoms in total. The van der Waals surface area contributed by atoms with E-state index < -0.39 is 5.97 Å². The van der Waals surface area contributed by atoms with E-state index in [-0.39, 0.29) is 5.56 Å². The molecule has 0 unspecified atom stereocenters. The SMILES string of the molecule is O=Cc1cc(-c2ccncc2C(=O)O)cs1. The van der Waals surface area contributed by atoms with Crippen LogP contribution < -0.4 is 0 Å². The number of carbonyl (C=O) groups excluding carboxylic acids is 1. The van der Waals surface area contributed by atoms with Gasteiger partial charge in [-0.25, -0.2) is 4.79 Å². The smallest absolute Gasteiger partial charge is 0.337 e. The molecular formula is C11H7NO3S. The van der Waals surface area contributed by atoms with Gasteiger partial charge in [-0.15, -0.1) is 11.3 Å². The number of carbonyl (C=O) groups is 2. The summed E-state index contributed by atoms with van der Waals surface area (Å²) in [6, 6.07) is 3.29. The molecule has 0 aliphatic rings. The first kappa shape index (κ1) is 10.5. The minimum atomic E-state index is -1.03. The molecule has 2 rings (SSSR count). The second kappa shape index (κ2) is 4.24. The van der Waals surface area contributed by atoms with Gasteiger partial charge in [-0.2, -0.15) is 0 Å². The number of nitrogens with zero attached hydrogens (tertiary/aromatic N) is 1. The van der Waals surface area contributed by atoms with E-state index in [1.165, 1.54) is 23.7 Å². The fourth-order valence-corrected chi connectivity index (χ4v) is 2.08. The number of aldehydes is 1. The number of thiophene rings is 1. The molecule has 16 heavy (non-hydrogen) atoms. The standard InChI is InChI=1S/C11H7NO3S/c13-5-8-3-7(6-16-8)9-1-2-12-4-10(9)11(14)15/h1-6H,(H,14,15). The topological polar surface area (TPSA) is 67.3 Å². The van der Waals surface area contributed by atoms with Gasteiger partial charge in [0.1, 0.15) is 0 Å². The Hall–Kier alpha value is -2.01. The summed E-state index contributed by atoms with van der Waals surface area (Å²) in [5, 5.41) is 10.7. The van der Waals surface area contributed by atoms with Gasteiger partial charge in [-0.1, -0.05) is 0 Å². The lowest BCUT2D eigenvalue weighted by molar-refractivity contribution is 0.0697. The van der Waals surface area contributed by atoms with Gasteiger partial charge in [-0.3, -0.25) is 9.78 Å². The van der Waals surface area contributed by atoms with Gasteiger partial charge in [0.25, 0.3) is 0 Å².